The zero-order chi connectivity index (χ0) is 14.4. The molecular formula is C15H13IN2O2. The van der Waals surface area contributed by atoms with Gasteiger partial charge in [-0.15, -0.1) is 0 Å². The van der Waals surface area contributed by atoms with Crippen LogP contribution in [0.2, 0.25) is 0 Å². The molecule has 1 aromatic carbocycles. The number of halogens is 1. The van der Waals surface area contributed by atoms with Crippen LogP contribution < -0.4 is 10.1 Å². The third-order valence-electron chi connectivity index (χ3n) is 2.52. The summed E-state index contributed by atoms with van der Waals surface area (Å²) in [6.07, 6.45) is 4.91. The maximum atomic E-state index is 11.7. The number of carbonyl (C=O) groups excluding carboxylic acids is 1. The van der Waals surface area contributed by atoms with Gasteiger partial charge in [0.15, 0.2) is 0 Å². The summed E-state index contributed by atoms with van der Waals surface area (Å²) in [5, 5.41) is 2.70. The zero-order valence-electron chi connectivity index (χ0n) is 10.8. The van der Waals surface area contributed by atoms with Crippen molar-refractivity contribution >= 4 is 40.4 Å². The number of methoxy groups -OCH3 is 1. The number of hydrogen-bond donors (Lipinski definition) is 1. The molecule has 2 aromatic rings. The molecule has 0 aliphatic carbocycles. The van der Waals surface area contributed by atoms with Gasteiger partial charge in [-0.1, -0.05) is 12.1 Å². The molecule has 1 N–H and O–H groups in total. The molecule has 0 fully saturated rings. The molecule has 4 nitrogen and oxygen atoms in total. The van der Waals surface area contributed by atoms with Crippen molar-refractivity contribution in [3.8, 4) is 5.75 Å². The maximum absolute atomic E-state index is 11.7. The summed E-state index contributed by atoms with van der Waals surface area (Å²) >= 11 is 2.16. The average molecular weight is 380 g/mol. The Morgan fingerprint density at radius 2 is 2.00 bits per heavy atom. The molecule has 102 valence electrons. The fourth-order valence-electron chi connectivity index (χ4n) is 1.50. The molecule has 0 atom stereocenters. The molecule has 1 amide bonds. The third kappa shape index (κ3) is 4.34. The van der Waals surface area contributed by atoms with E-state index in [0.29, 0.717) is 5.82 Å². The van der Waals surface area contributed by atoms with Crippen LogP contribution in [0.15, 0.2) is 48.7 Å². The highest BCUT2D eigenvalue weighted by Gasteiger charge is 1.99. The molecule has 2 rings (SSSR count). The lowest BCUT2D eigenvalue weighted by Gasteiger charge is -2.01. The van der Waals surface area contributed by atoms with Crippen LogP contribution in [0.4, 0.5) is 5.82 Å². The number of amides is 1. The third-order valence-corrected chi connectivity index (χ3v) is 3.16. The van der Waals surface area contributed by atoms with Gasteiger partial charge >= 0.3 is 0 Å². The molecule has 0 bridgehead atoms. The highest BCUT2D eigenvalue weighted by Crippen LogP contribution is 2.12. The van der Waals surface area contributed by atoms with Gasteiger partial charge in [0.1, 0.15) is 11.6 Å². The lowest BCUT2D eigenvalue weighted by molar-refractivity contribution is -0.111. The van der Waals surface area contributed by atoms with Crippen LogP contribution in [-0.2, 0) is 4.79 Å². The van der Waals surface area contributed by atoms with E-state index in [9.17, 15) is 4.79 Å². The van der Waals surface area contributed by atoms with Crippen LogP contribution in [0.3, 0.4) is 0 Å². The summed E-state index contributed by atoms with van der Waals surface area (Å²) in [7, 11) is 1.62. The van der Waals surface area contributed by atoms with E-state index >= 15 is 0 Å². The lowest BCUT2D eigenvalue weighted by atomic mass is 10.2. The van der Waals surface area contributed by atoms with Gasteiger partial charge in [0.05, 0.1) is 7.11 Å². The van der Waals surface area contributed by atoms with E-state index in [1.807, 2.05) is 30.3 Å². The van der Waals surface area contributed by atoms with Gasteiger partial charge in [0, 0.05) is 15.8 Å². The maximum Gasteiger partial charge on any atom is 0.249 e. The predicted molar refractivity (Wildman–Crippen MR) is 87.6 cm³/mol. The minimum atomic E-state index is -0.213. The molecule has 0 saturated heterocycles. The number of hydrogen-bond acceptors (Lipinski definition) is 3. The number of anilines is 1. The summed E-state index contributed by atoms with van der Waals surface area (Å²) in [5.41, 5.74) is 0.927. The number of aromatic nitrogens is 1. The Kier molecular flexibility index (Phi) is 5.11. The van der Waals surface area contributed by atoms with Gasteiger partial charge in [-0.25, -0.2) is 4.98 Å². The second-order valence-electron chi connectivity index (χ2n) is 3.96. The van der Waals surface area contributed by atoms with Gasteiger partial charge in [-0.3, -0.25) is 4.79 Å². The van der Waals surface area contributed by atoms with Crippen molar-refractivity contribution in [1.82, 2.24) is 4.98 Å². The van der Waals surface area contributed by atoms with Crippen LogP contribution in [-0.4, -0.2) is 18.0 Å². The van der Waals surface area contributed by atoms with Crippen molar-refractivity contribution in [2.75, 3.05) is 12.4 Å². The van der Waals surface area contributed by atoms with Gasteiger partial charge in [0.2, 0.25) is 5.91 Å². The smallest absolute Gasteiger partial charge is 0.249 e. The van der Waals surface area contributed by atoms with Gasteiger partial charge < -0.3 is 10.1 Å². The first-order valence-electron chi connectivity index (χ1n) is 5.92. The first-order valence-corrected chi connectivity index (χ1v) is 7.00. The molecule has 0 saturated carbocycles. The highest BCUT2D eigenvalue weighted by molar-refractivity contribution is 14.1. The first-order chi connectivity index (χ1) is 9.67. The van der Waals surface area contributed by atoms with Gasteiger partial charge in [-0.05, 0) is 58.5 Å². The van der Waals surface area contributed by atoms with E-state index in [2.05, 4.69) is 32.9 Å². The molecule has 1 heterocycles. The Bertz CT molecular complexity index is 607. The molecule has 0 radical (unpaired) electrons. The summed E-state index contributed by atoms with van der Waals surface area (Å²) in [6, 6.07) is 11.1. The van der Waals surface area contributed by atoms with E-state index in [1.165, 1.54) is 6.08 Å². The Morgan fingerprint density at radius 3 is 2.60 bits per heavy atom. The number of benzene rings is 1. The first kappa shape index (κ1) is 14.5. The molecule has 0 aliphatic heterocycles. The number of carbonyl (C=O) groups is 1. The molecule has 0 spiro atoms. The van der Waals surface area contributed by atoms with Crippen molar-refractivity contribution in [2.24, 2.45) is 0 Å². The van der Waals surface area contributed by atoms with E-state index in [1.54, 1.807) is 25.4 Å². The second kappa shape index (κ2) is 7.04. The van der Waals surface area contributed by atoms with Gasteiger partial charge in [-0.2, -0.15) is 0 Å². The monoisotopic (exact) mass is 380 g/mol. The second-order valence-corrected chi connectivity index (χ2v) is 5.20. The number of ether oxygens (including phenoxy) is 1. The molecule has 0 aliphatic rings. The Hall–Kier alpha value is -1.89. The van der Waals surface area contributed by atoms with Crippen LogP contribution in [0, 0.1) is 3.57 Å². The number of pyridine rings is 1. The molecule has 1 aromatic heterocycles. The molecular weight excluding hydrogens is 367 g/mol. The fourth-order valence-corrected chi connectivity index (χ4v) is 1.82. The minimum Gasteiger partial charge on any atom is -0.497 e. The molecule has 20 heavy (non-hydrogen) atoms. The summed E-state index contributed by atoms with van der Waals surface area (Å²) in [4.78, 5) is 15.8. The van der Waals surface area contributed by atoms with Crippen LogP contribution in [0.5, 0.6) is 5.75 Å². The van der Waals surface area contributed by atoms with Crippen molar-refractivity contribution in [1.29, 1.82) is 0 Å². The van der Waals surface area contributed by atoms with E-state index in [4.69, 9.17) is 4.74 Å². The highest BCUT2D eigenvalue weighted by atomic mass is 127. The lowest BCUT2D eigenvalue weighted by Crippen LogP contribution is -2.08. The van der Waals surface area contributed by atoms with Crippen molar-refractivity contribution in [2.45, 2.75) is 0 Å². The van der Waals surface area contributed by atoms with Crippen molar-refractivity contribution in [3.63, 3.8) is 0 Å². The van der Waals surface area contributed by atoms with Crippen molar-refractivity contribution < 1.29 is 9.53 Å². The van der Waals surface area contributed by atoms with E-state index in [0.717, 1.165) is 14.9 Å². The quantitative estimate of drug-likeness (QED) is 0.654. The summed E-state index contributed by atoms with van der Waals surface area (Å²) in [5.74, 6) is 1.11. The number of nitrogens with one attached hydrogen (secondary N) is 1. The largest absolute Gasteiger partial charge is 0.497 e. The van der Waals surface area contributed by atoms with Crippen molar-refractivity contribution in [3.05, 3.63) is 57.8 Å². The normalized spacial score (nSPS) is 10.5. The zero-order valence-corrected chi connectivity index (χ0v) is 13.0. The van der Waals surface area contributed by atoms with Crippen LogP contribution >= 0.6 is 22.6 Å². The number of rotatable bonds is 4. The topological polar surface area (TPSA) is 51.2 Å². The standard InChI is InChI=1S/C15H13IN2O2/c1-20-13-6-2-11(3-7-13)4-9-15(19)18-14-8-5-12(16)10-17-14/h2-10H,1H3,(H,17,18,19). The Labute approximate surface area is 131 Å². The predicted octanol–water partition coefficient (Wildman–Crippen LogP) is 3.35. The van der Waals surface area contributed by atoms with Crippen LogP contribution in [0.1, 0.15) is 5.56 Å². The average Bonchev–Trinajstić information content (AvgIpc) is 2.48. The SMILES string of the molecule is COc1ccc(C=CC(=O)Nc2ccc(I)cn2)cc1. The Balaban J connectivity index is 1.96. The fraction of sp³-hybridized carbons (Fsp3) is 0.0667. The Morgan fingerprint density at radius 1 is 1.25 bits per heavy atom. The van der Waals surface area contributed by atoms with Crippen LogP contribution in [0.25, 0.3) is 6.08 Å². The number of nitrogens with zero attached hydrogens (tertiary/aromatic N) is 1. The van der Waals surface area contributed by atoms with E-state index < -0.39 is 0 Å². The summed E-state index contributed by atoms with van der Waals surface area (Å²) < 4.78 is 6.09. The minimum absolute atomic E-state index is 0.213. The van der Waals surface area contributed by atoms with E-state index in [-0.39, 0.29) is 5.91 Å². The molecule has 5 heteroatoms. The summed E-state index contributed by atoms with van der Waals surface area (Å²) in [6.45, 7) is 0. The molecule has 0 unspecified atom stereocenters. The van der Waals surface area contributed by atoms with Gasteiger partial charge in [0.25, 0.3) is 0 Å².